The average Bonchev–Trinajstić information content (AvgIpc) is 2.98. The van der Waals surface area contributed by atoms with Crippen molar-refractivity contribution in [3.05, 3.63) is 0 Å². The van der Waals surface area contributed by atoms with Crippen molar-refractivity contribution in [2.24, 2.45) is 0 Å². The minimum absolute atomic E-state index is 0.172. The van der Waals surface area contributed by atoms with Crippen LogP contribution in [0.1, 0.15) is 245 Å². The van der Waals surface area contributed by atoms with Crippen LogP contribution >= 0.6 is 0 Å². The van der Waals surface area contributed by atoms with E-state index in [1.54, 1.807) is 34.0 Å². The fourth-order valence-electron chi connectivity index (χ4n) is 6.52. The van der Waals surface area contributed by atoms with Gasteiger partial charge in [0.15, 0.2) is 0 Å². The second kappa shape index (κ2) is 40.9. The Morgan fingerprint density at radius 3 is 0.512 bits per heavy atom. The number of hydrogen-bond donors (Lipinski definition) is 0. The fraction of sp³-hybridized carbons (Fsp3) is 1.00. The first kappa shape index (κ1) is 41.9. The van der Waals surface area contributed by atoms with Crippen molar-refractivity contribution in [3.8, 4) is 0 Å². The average molecular weight is 678 g/mol. The standard InChI is InChI=1S/2C20H41.In/c2*1-3-5-7-9-11-13-15-17-19-20-18-16-14-12-10-8-6-4-2;/h2*1,3-20H2,2H3;. The third-order valence-corrected chi connectivity index (χ3v) is 14.2. The van der Waals surface area contributed by atoms with Gasteiger partial charge < -0.3 is 0 Å². The zero-order chi connectivity index (χ0) is 29.6. The molecule has 245 valence electrons. The Labute approximate surface area is 274 Å². The van der Waals surface area contributed by atoms with Gasteiger partial charge in [-0.15, -0.1) is 0 Å². The van der Waals surface area contributed by atoms with E-state index >= 15 is 0 Å². The van der Waals surface area contributed by atoms with Gasteiger partial charge in [0.05, 0.1) is 0 Å². The normalized spacial score (nSPS) is 11.5. The van der Waals surface area contributed by atoms with Crippen molar-refractivity contribution in [1.29, 1.82) is 0 Å². The molecular weight excluding hydrogens is 595 g/mol. The van der Waals surface area contributed by atoms with Gasteiger partial charge >= 0.3 is 173 Å². The summed E-state index contributed by atoms with van der Waals surface area (Å²) in [5.41, 5.74) is 0. The summed E-state index contributed by atoms with van der Waals surface area (Å²) >= 11 is -0.172. The van der Waals surface area contributed by atoms with E-state index in [-0.39, 0.29) is 22.9 Å². The molecule has 0 nitrogen and oxygen atoms in total. The smallest absolute Gasteiger partial charge is 0.0654 e. The zero-order valence-electron chi connectivity index (χ0n) is 29.4. The summed E-state index contributed by atoms with van der Waals surface area (Å²) in [6.45, 7) is 4.62. The molecule has 0 N–H and O–H groups in total. The van der Waals surface area contributed by atoms with Crippen LogP contribution in [0.5, 0.6) is 0 Å². The van der Waals surface area contributed by atoms with E-state index < -0.39 is 0 Å². The minimum atomic E-state index is -0.172. The maximum atomic E-state index is 2.31. The van der Waals surface area contributed by atoms with Gasteiger partial charge in [-0.3, -0.25) is 0 Å². The van der Waals surface area contributed by atoms with Crippen molar-refractivity contribution >= 4 is 22.9 Å². The topological polar surface area (TPSA) is 0 Å². The molecule has 0 aliphatic heterocycles. The molecule has 0 saturated carbocycles. The molecule has 0 saturated heterocycles. The molecule has 0 aromatic rings. The molecule has 0 fully saturated rings. The zero-order valence-corrected chi connectivity index (χ0v) is 32.7. The second-order valence-electron chi connectivity index (χ2n) is 13.9. The van der Waals surface area contributed by atoms with Gasteiger partial charge in [0.1, 0.15) is 0 Å². The summed E-state index contributed by atoms with van der Waals surface area (Å²) in [4.78, 5) is 0. The molecule has 41 heavy (non-hydrogen) atoms. The first-order valence-electron chi connectivity index (χ1n) is 20.2. The van der Waals surface area contributed by atoms with Crippen LogP contribution in [-0.2, 0) is 0 Å². The van der Waals surface area contributed by atoms with Gasteiger partial charge in [0.25, 0.3) is 0 Å². The van der Waals surface area contributed by atoms with Crippen LogP contribution in [0.15, 0.2) is 0 Å². The molecule has 0 rings (SSSR count). The van der Waals surface area contributed by atoms with E-state index in [0.717, 1.165) is 0 Å². The van der Waals surface area contributed by atoms with Gasteiger partial charge in [-0.25, -0.2) is 0 Å². The predicted octanol–water partition coefficient (Wildman–Crippen LogP) is 15.6. The summed E-state index contributed by atoms with van der Waals surface area (Å²) in [6, 6.07) is 0. The molecule has 0 bridgehead atoms. The summed E-state index contributed by atoms with van der Waals surface area (Å²) in [5, 5.41) is 0. The van der Waals surface area contributed by atoms with Crippen molar-refractivity contribution in [1.82, 2.24) is 0 Å². The van der Waals surface area contributed by atoms with E-state index in [0.29, 0.717) is 0 Å². The summed E-state index contributed by atoms with van der Waals surface area (Å²) < 4.78 is 3.38. The number of unbranched alkanes of at least 4 members (excludes halogenated alkanes) is 34. The summed E-state index contributed by atoms with van der Waals surface area (Å²) in [7, 11) is 0. The third kappa shape index (κ3) is 40.9. The third-order valence-electron chi connectivity index (χ3n) is 9.52. The molecule has 0 aliphatic carbocycles. The molecule has 1 radical (unpaired) electrons. The molecule has 0 atom stereocenters. The SMILES string of the molecule is CCCCCCCCCCCCCCCCCCC[CH2][In][CH2]CCCCCCCCCCCCCCCCCCC. The molecule has 0 unspecified atom stereocenters. The molecule has 0 aromatic heterocycles. The second-order valence-corrected chi connectivity index (χ2v) is 18.8. The van der Waals surface area contributed by atoms with Crippen LogP contribution in [0.4, 0.5) is 0 Å². The van der Waals surface area contributed by atoms with Crippen LogP contribution < -0.4 is 0 Å². The van der Waals surface area contributed by atoms with Crippen molar-refractivity contribution in [2.75, 3.05) is 0 Å². The molecule has 1 heteroatoms. The van der Waals surface area contributed by atoms with Crippen LogP contribution in [0.25, 0.3) is 0 Å². The van der Waals surface area contributed by atoms with E-state index in [4.69, 9.17) is 0 Å². The monoisotopic (exact) mass is 678 g/mol. The number of hydrogen-bond acceptors (Lipinski definition) is 0. The Morgan fingerprint density at radius 1 is 0.195 bits per heavy atom. The van der Waals surface area contributed by atoms with Gasteiger partial charge in [0.2, 0.25) is 0 Å². The van der Waals surface area contributed by atoms with E-state index in [2.05, 4.69) is 13.8 Å². The molecule has 0 heterocycles. The Kier molecular flexibility index (Phi) is 41.7. The Morgan fingerprint density at radius 2 is 0.341 bits per heavy atom. The maximum absolute atomic E-state index is 2.31. The molecule has 0 aliphatic rings. The molecule has 0 aromatic carbocycles. The number of rotatable bonds is 38. The Bertz CT molecular complexity index is 381. The van der Waals surface area contributed by atoms with Crippen LogP contribution in [0, 0.1) is 0 Å². The van der Waals surface area contributed by atoms with E-state index in [1.165, 1.54) is 205 Å². The summed E-state index contributed by atoms with van der Waals surface area (Å²) in [6.07, 6.45) is 53.9. The quantitative estimate of drug-likeness (QED) is 0.0571. The fourth-order valence-corrected chi connectivity index (χ4v) is 10.6. The van der Waals surface area contributed by atoms with Gasteiger partial charge in [-0.05, 0) is 0 Å². The molecule has 0 amide bonds. The Balaban J connectivity index is 3.02. The first-order valence-corrected chi connectivity index (χ1v) is 24.9. The van der Waals surface area contributed by atoms with E-state index in [1.807, 2.05) is 0 Å². The van der Waals surface area contributed by atoms with Crippen LogP contribution in [0.3, 0.4) is 0 Å². The van der Waals surface area contributed by atoms with Crippen LogP contribution in [-0.4, -0.2) is 22.9 Å². The van der Waals surface area contributed by atoms with Crippen molar-refractivity contribution in [3.63, 3.8) is 0 Å². The van der Waals surface area contributed by atoms with Gasteiger partial charge in [0, 0.05) is 0 Å². The molecule has 0 spiro atoms. The van der Waals surface area contributed by atoms with Gasteiger partial charge in [-0.2, -0.15) is 0 Å². The minimum Gasteiger partial charge on any atom is -0.0654 e. The molecular formula is C40H82In. The first-order chi connectivity index (χ1) is 20.4. The van der Waals surface area contributed by atoms with Gasteiger partial charge in [-0.1, -0.05) is 104 Å². The van der Waals surface area contributed by atoms with Crippen LogP contribution in [0.2, 0.25) is 8.35 Å². The van der Waals surface area contributed by atoms with E-state index in [9.17, 15) is 0 Å². The summed E-state index contributed by atoms with van der Waals surface area (Å²) in [5.74, 6) is 0. The van der Waals surface area contributed by atoms with Crippen molar-refractivity contribution < 1.29 is 0 Å². The predicted molar refractivity (Wildman–Crippen MR) is 193 cm³/mol. The van der Waals surface area contributed by atoms with Crippen molar-refractivity contribution in [2.45, 2.75) is 253 Å². The Hall–Kier alpha value is 0.870.